The Morgan fingerprint density at radius 3 is 2.00 bits per heavy atom. The van der Waals surface area contributed by atoms with E-state index in [2.05, 4.69) is 97.1 Å². The molecule has 5 aromatic carbocycles. The molecule has 1 aliphatic carbocycles. The molecular weight excluding hydrogens is 390 g/mol. The minimum absolute atomic E-state index is 0.428. The summed E-state index contributed by atoms with van der Waals surface area (Å²) in [5, 5.41) is 16.3. The van der Waals surface area contributed by atoms with E-state index in [1.807, 2.05) is 23.9 Å². The van der Waals surface area contributed by atoms with Gasteiger partial charge in [-0.2, -0.15) is 0 Å². The molecule has 0 amide bonds. The van der Waals surface area contributed by atoms with Crippen LogP contribution in [0.25, 0.3) is 44.5 Å². The number of benzene rings is 5. The van der Waals surface area contributed by atoms with Crippen molar-refractivity contribution in [3.05, 3.63) is 96.1 Å². The van der Waals surface area contributed by atoms with Crippen LogP contribution in [0.15, 0.2) is 84.9 Å². The van der Waals surface area contributed by atoms with E-state index in [9.17, 15) is 0 Å². The highest BCUT2D eigenvalue weighted by atomic mass is 15.3. The summed E-state index contributed by atoms with van der Waals surface area (Å²) in [5.74, 6) is 0.428. The van der Waals surface area contributed by atoms with Crippen LogP contribution in [-0.2, 0) is 0 Å². The van der Waals surface area contributed by atoms with Gasteiger partial charge in [-0.05, 0) is 56.9 Å². The first kappa shape index (κ1) is 18.6. The predicted molar refractivity (Wildman–Crippen MR) is 139 cm³/mol. The summed E-state index contributed by atoms with van der Waals surface area (Å²) in [5.41, 5.74) is 4.55. The van der Waals surface area contributed by atoms with Crippen molar-refractivity contribution in [1.82, 2.24) is 0 Å². The lowest BCUT2D eigenvalue weighted by Gasteiger charge is -2.30. The first-order chi connectivity index (χ1) is 15.6. The van der Waals surface area contributed by atoms with E-state index in [-0.39, 0.29) is 0 Å². The maximum Gasteiger partial charge on any atom is 0.202 e. The van der Waals surface area contributed by atoms with Crippen molar-refractivity contribution in [2.45, 2.75) is 0 Å². The van der Waals surface area contributed by atoms with Crippen LogP contribution in [0.1, 0.15) is 11.1 Å². The number of hydrogen-bond acceptors (Lipinski definition) is 1. The van der Waals surface area contributed by atoms with Crippen LogP contribution < -0.4 is 9.80 Å². The lowest BCUT2D eigenvalue weighted by atomic mass is 10.0. The number of nitrogens with zero attached hydrogens (tertiary/aromatic N) is 2. The highest BCUT2D eigenvalue weighted by molar-refractivity contribution is 6.16. The summed E-state index contributed by atoms with van der Waals surface area (Å²) in [7, 11) is 3.95. The van der Waals surface area contributed by atoms with Gasteiger partial charge in [0.05, 0.1) is 11.4 Å². The summed E-state index contributed by atoms with van der Waals surface area (Å²) < 4.78 is 0. The van der Waals surface area contributed by atoms with Crippen LogP contribution in [0.5, 0.6) is 0 Å². The fourth-order valence-corrected chi connectivity index (χ4v) is 4.89. The lowest BCUT2D eigenvalue weighted by molar-refractivity contribution is 1.13. The van der Waals surface area contributed by atoms with Crippen LogP contribution in [0.4, 0.5) is 11.4 Å². The van der Waals surface area contributed by atoms with Crippen molar-refractivity contribution in [2.75, 3.05) is 23.9 Å². The van der Waals surface area contributed by atoms with Gasteiger partial charge in [-0.3, -0.25) is 5.41 Å². The Hall–Kier alpha value is -4.11. The molecule has 1 aliphatic rings. The molecule has 3 heteroatoms. The fraction of sp³-hybridized carbons (Fsp3) is 0.0690. The van der Waals surface area contributed by atoms with Crippen LogP contribution in [-0.4, -0.2) is 20.1 Å². The zero-order chi connectivity index (χ0) is 21.8. The average Bonchev–Trinajstić information content (AvgIpc) is 3.26. The number of anilines is 2. The quantitative estimate of drug-likeness (QED) is 0.186. The highest BCUT2D eigenvalue weighted by Crippen LogP contribution is 2.37. The van der Waals surface area contributed by atoms with E-state index in [0.29, 0.717) is 5.96 Å². The Balaban J connectivity index is 1.43. The smallest absolute Gasteiger partial charge is 0.202 e. The summed E-state index contributed by atoms with van der Waals surface area (Å²) >= 11 is 0. The van der Waals surface area contributed by atoms with Crippen molar-refractivity contribution in [1.29, 1.82) is 5.41 Å². The van der Waals surface area contributed by atoms with Crippen LogP contribution in [0.2, 0.25) is 0 Å². The predicted octanol–water partition coefficient (Wildman–Crippen LogP) is 7.14. The third kappa shape index (κ3) is 2.71. The van der Waals surface area contributed by atoms with Crippen molar-refractivity contribution in [3.8, 4) is 0 Å². The molecule has 3 nitrogen and oxygen atoms in total. The van der Waals surface area contributed by atoms with Gasteiger partial charge in [0.15, 0.2) is 0 Å². The van der Waals surface area contributed by atoms with Gasteiger partial charge in [-0.25, -0.2) is 0 Å². The average molecular weight is 414 g/mol. The second-order valence-corrected chi connectivity index (χ2v) is 8.42. The van der Waals surface area contributed by atoms with Gasteiger partial charge in [0, 0.05) is 24.9 Å². The molecule has 0 heterocycles. The summed E-state index contributed by atoms with van der Waals surface area (Å²) in [6, 6.07) is 29.9. The number of guanidine groups is 1. The van der Waals surface area contributed by atoms with Crippen LogP contribution in [0, 0.1) is 5.41 Å². The van der Waals surface area contributed by atoms with E-state index >= 15 is 0 Å². The van der Waals surface area contributed by atoms with Gasteiger partial charge >= 0.3 is 0 Å². The molecule has 0 spiro atoms. The number of rotatable bonds is 2. The number of hydrogen-bond donors (Lipinski definition) is 1. The van der Waals surface area contributed by atoms with Crippen LogP contribution in [0.3, 0.4) is 0 Å². The van der Waals surface area contributed by atoms with Crippen molar-refractivity contribution < 1.29 is 0 Å². The van der Waals surface area contributed by atoms with E-state index in [1.54, 1.807) is 0 Å². The lowest BCUT2D eigenvalue weighted by Crippen LogP contribution is -2.39. The standard InChI is InChI=1S/C29H23N3/c1-31(26-12-6-10-23-17-21-7-3-4-8-22(21)18-25(23)26)29(30)32(2)27-16-15-20-14-13-19-9-5-11-24(27)28(19)20/h3-18,30H,1-2H3. The molecule has 0 radical (unpaired) electrons. The van der Waals surface area contributed by atoms with E-state index in [4.69, 9.17) is 5.41 Å². The van der Waals surface area contributed by atoms with Gasteiger partial charge in [-0.15, -0.1) is 0 Å². The molecule has 0 saturated carbocycles. The Morgan fingerprint density at radius 1 is 0.594 bits per heavy atom. The van der Waals surface area contributed by atoms with Gasteiger partial charge in [-0.1, -0.05) is 72.8 Å². The van der Waals surface area contributed by atoms with Gasteiger partial charge in [0.25, 0.3) is 0 Å². The molecule has 1 N–H and O–H groups in total. The Labute approximate surface area is 187 Å². The van der Waals surface area contributed by atoms with E-state index in [0.717, 1.165) is 16.8 Å². The van der Waals surface area contributed by atoms with Gasteiger partial charge in [0.2, 0.25) is 5.96 Å². The summed E-state index contributed by atoms with van der Waals surface area (Å²) in [4.78, 5) is 3.94. The summed E-state index contributed by atoms with van der Waals surface area (Å²) in [6.07, 6.45) is 4.33. The highest BCUT2D eigenvalue weighted by Gasteiger charge is 2.19. The molecule has 6 rings (SSSR count). The largest absolute Gasteiger partial charge is 0.315 e. The normalized spacial score (nSPS) is 12.1. The first-order valence-electron chi connectivity index (χ1n) is 10.8. The molecule has 0 atom stereocenters. The topological polar surface area (TPSA) is 30.3 Å². The third-order valence-corrected chi connectivity index (χ3v) is 6.61. The Morgan fingerprint density at radius 2 is 1.22 bits per heavy atom. The molecule has 0 aliphatic heterocycles. The van der Waals surface area contributed by atoms with Crippen molar-refractivity contribution >= 4 is 61.8 Å². The second-order valence-electron chi connectivity index (χ2n) is 8.42. The van der Waals surface area contributed by atoms with Gasteiger partial charge < -0.3 is 9.80 Å². The zero-order valence-electron chi connectivity index (χ0n) is 18.1. The van der Waals surface area contributed by atoms with Gasteiger partial charge in [0.1, 0.15) is 0 Å². The number of nitrogens with one attached hydrogen (secondary N) is 1. The molecule has 0 aromatic heterocycles. The minimum Gasteiger partial charge on any atom is -0.315 e. The monoisotopic (exact) mass is 413 g/mol. The maximum absolute atomic E-state index is 9.05. The Kier molecular flexibility index (Phi) is 4.05. The SMILES string of the molecule is CN(C(=N)N(C)c1ccc2c3c(cccc13)C=C2)c1cccc2cc3ccccc3cc12. The molecule has 5 aromatic rings. The minimum atomic E-state index is 0.428. The Bertz CT molecular complexity index is 1570. The molecule has 0 unspecified atom stereocenters. The summed E-state index contributed by atoms with van der Waals surface area (Å²) in [6.45, 7) is 0. The number of fused-ring (bicyclic) bond motifs is 2. The van der Waals surface area contributed by atoms with Crippen molar-refractivity contribution in [3.63, 3.8) is 0 Å². The van der Waals surface area contributed by atoms with E-state index < -0.39 is 0 Å². The molecule has 154 valence electrons. The second kappa shape index (κ2) is 6.96. The molecular formula is C29H23N3. The molecule has 0 fully saturated rings. The zero-order valence-corrected chi connectivity index (χ0v) is 18.1. The van der Waals surface area contributed by atoms with E-state index in [1.165, 1.54) is 38.1 Å². The van der Waals surface area contributed by atoms with Crippen molar-refractivity contribution in [2.24, 2.45) is 0 Å². The third-order valence-electron chi connectivity index (χ3n) is 6.61. The molecule has 0 bridgehead atoms. The van der Waals surface area contributed by atoms with Crippen LogP contribution >= 0.6 is 0 Å². The first-order valence-corrected chi connectivity index (χ1v) is 10.8. The molecule has 32 heavy (non-hydrogen) atoms. The molecule has 0 saturated heterocycles. The maximum atomic E-state index is 9.05. The fourth-order valence-electron chi connectivity index (χ4n) is 4.89.